The fourth-order valence-electron chi connectivity index (χ4n) is 1.34. The van der Waals surface area contributed by atoms with Crippen LogP contribution in [0, 0.1) is 6.92 Å². The molecule has 18 heavy (non-hydrogen) atoms. The highest BCUT2D eigenvalue weighted by atomic mass is 35.5. The van der Waals surface area contributed by atoms with Crippen molar-refractivity contribution < 1.29 is 9.21 Å². The number of oxazole rings is 1. The average Bonchev–Trinajstić information content (AvgIpc) is 2.73. The van der Waals surface area contributed by atoms with Crippen LogP contribution in [0.5, 0.6) is 0 Å². The molecule has 0 aliphatic carbocycles. The first kappa shape index (κ1) is 12.4. The highest BCUT2D eigenvalue weighted by molar-refractivity contribution is 6.30. The molecule has 7 heteroatoms. The van der Waals surface area contributed by atoms with Gasteiger partial charge < -0.3 is 9.73 Å². The smallest absolute Gasteiger partial charge is 0.301 e. The maximum atomic E-state index is 11.9. The second kappa shape index (κ2) is 5.05. The van der Waals surface area contributed by atoms with E-state index in [4.69, 9.17) is 16.0 Å². The van der Waals surface area contributed by atoms with Crippen LogP contribution in [-0.4, -0.2) is 22.9 Å². The Labute approximate surface area is 108 Å². The molecule has 0 bridgehead atoms. The third-order valence-corrected chi connectivity index (χ3v) is 2.35. The third-order valence-electron chi connectivity index (χ3n) is 2.15. The molecular weight excluding hydrogens is 256 g/mol. The minimum atomic E-state index is -0.363. The first-order chi connectivity index (χ1) is 8.58. The molecule has 0 unspecified atom stereocenters. The Morgan fingerprint density at radius 1 is 1.39 bits per heavy atom. The zero-order chi connectivity index (χ0) is 13.1. The van der Waals surface area contributed by atoms with Gasteiger partial charge in [-0.25, -0.2) is 4.98 Å². The van der Waals surface area contributed by atoms with Crippen LogP contribution in [0.1, 0.15) is 16.1 Å². The van der Waals surface area contributed by atoms with Crippen molar-refractivity contribution in [1.82, 2.24) is 9.97 Å². The number of nitrogens with one attached hydrogen (secondary N) is 2. The SMILES string of the molecule is CNc1cc(C(=O)Nc2nc(C)co2)cc(Cl)n1. The number of hydrogen-bond donors (Lipinski definition) is 2. The number of aromatic nitrogens is 2. The van der Waals surface area contributed by atoms with Crippen molar-refractivity contribution in [2.45, 2.75) is 6.92 Å². The Kier molecular flexibility index (Phi) is 3.47. The average molecular weight is 267 g/mol. The molecule has 94 valence electrons. The molecule has 0 saturated heterocycles. The highest BCUT2D eigenvalue weighted by Crippen LogP contribution is 2.16. The predicted octanol–water partition coefficient (Wildman–Crippen LogP) is 2.33. The lowest BCUT2D eigenvalue weighted by Gasteiger charge is -2.04. The number of hydrogen-bond acceptors (Lipinski definition) is 5. The summed E-state index contributed by atoms with van der Waals surface area (Å²) in [7, 11) is 1.69. The van der Waals surface area contributed by atoms with Crippen LogP contribution >= 0.6 is 11.6 Å². The molecule has 0 aliphatic heterocycles. The lowest BCUT2D eigenvalue weighted by Crippen LogP contribution is -2.13. The van der Waals surface area contributed by atoms with Crippen LogP contribution in [0.2, 0.25) is 5.15 Å². The van der Waals surface area contributed by atoms with Gasteiger partial charge in [-0.05, 0) is 19.1 Å². The number of halogens is 1. The molecule has 6 nitrogen and oxygen atoms in total. The number of nitrogens with zero attached hydrogens (tertiary/aromatic N) is 2. The number of pyridine rings is 1. The molecule has 0 fully saturated rings. The van der Waals surface area contributed by atoms with Crippen molar-refractivity contribution >= 4 is 29.3 Å². The van der Waals surface area contributed by atoms with Crippen molar-refractivity contribution in [2.24, 2.45) is 0 Å². The maximum absolute atomic E-state index is 11.9. The Morgan fingerprint density at radius 2 is 2.17 bits per heavy atom. The largest absolute Gasteiger partial charge is 0.432 e. The first-order valence-corrected chi connectivity index (χ1v) is 5.55. The summed E-state index contributed by atoms with van der Waals surface area (Å²) < 4.78 is 5.04. The third kappa shape index (κ3) is 2.78. The van der Waals surface area contributed by atoms with Crippen LogP contribution in [0.25, 0.3) is 0 Å². The Morgan fingerprint density at radius 3 is 2.78 bits per heavy atom. The Hall–Kier alpha value is -2.08. The molecule has 0 aliphatic rings. The molecule has 2 N–H and O–H groups in total. The molecule has 2 heterocycles. The summed E-state index contributed by atoms with van der Waals surface area (Å²) in [6.45, 7) is 1.77. The molecular formula is C11H11ClN4O2. The van der Waals surface area contributed by atoms with Crippen LogP contribution < -0.4 is 10.6 Å². The van der Waals surface area contributed by atoms with Gasteiger partial charge in [0.2, 0.25) is 0 Å². The molecule has 0 radical (unpaired) electrons. The number of rotatable bonds is 3. The number of amides is 1. The fourth-order valence-corrected chi connectivity index (χ4v) is 1.55. The minimum Gasteiger partial charge on any atom is -0.432 e. The minimum absolute atomic E-state index is 0.149. The number of carbonyl (C=O) groups excluding carboxylic acids is 1. The molecule has 0 spiro atoms. The second-order valence-corrected chi connectivity index (χ2v) is 3.95. The highest BCUT2D eigenvalue weighted by Gasteiger charge is 2.11. The van der Waals surface area contributed by atoms with Gasteiger partial charge in [0.25, 0.3) is 5.91 Å². The van der Waals surface area contributed by atoms with E-state index in [1.165, 1.54) is 12.3 Å². The van der Waals surface area contributed by atoms with E-state index < -0.39 is 0 Å². The molecule has 0 saturated carbocycles. The molecule has 2 aromatic rings. The van der Waals surface area contributed by atoms with E-state index in [1.54, 1.807) is 20.0 Å². The van der Waals surface area contributed by atoms with Crippen molar-refractivity contribution in [3.05, 3.63) is 34.8 Å². The maximum Gasteiger partial charge on any atom is 0.301 e. The summed E-state index contributed by atoms with van der Waals surface area (Å²) in [6, 6.07) is 3.20. The van der Waals surface area contributed by atoms with Gasteiger partial charge in [0, 0.05) is 12.6 Å². The van der Waals surface area contributed by atoms with Gasteiger partial charge in [0.1, 0.15) is 17.2 Å². The summed E-state index contributed by atoms with van der Waals surface area (Å²) in [5.74, 6) is 0.147. The van der Waals surface area contributed by atoms with E-state index in [1.807, 2.05) is 0 Å². The van der Waals surface area contributed by atoms with Gasteiger partial charge in [-0.1, -0.05) is 11.6 Å². The molecule has 2 rings (SSSR count). The first-order valence-electron chi connectivity index (χ1n) is 5.17. The zero-order valence-corrected chi connectivity index (χ0v) is 10.6. The summed E-state index contributed by atoms with van der Waals surface area (Å²) in [5, 5.41) is 5.58. The van der Waals surface area contributed by atoms with Crippen LogP contribution in [-0.2, 0) is 0 Å². The van der Waals surface area contributed by atoms with Gasteiger partial charge in [-0.3, -0.25) is 10.1 Å². The van der Waals surface area contributed by atoms with Crippen molar-refractivity contribution in [2.75, 3.05) is 17.7 Å². The van der Waals surface area contributed by atoms with Gasteiger partial charge in [-0.2, -0.15) is 4.98 Å². The van der Waals surface area contributed by atoms with E-state index in [9.17, 15) is 4.79 Å². The Balaban J connectivity index is 2.20. The summed E-state index contributed by atoms with van der Waals surface area (Å²) in [5.41, 5.74) is 1.06. The quantitative estimate of drug-likeness (QED) is 0.834. The molecule has 1 amide bonds. The fraction of sp³-hybridized carbons (Fsp3) is 0.182. The van der Waals surface area contributed by atoms with Crippen molar-refractivity contribution in [3.63, 3.8) is 0 Å². The molecule has 0 aromatic carbocycles. The number of aryl methyl sites for hydroxylation is 1. The van der Waals surface area contributed by atoms with Gasteiger partial charge >= 0.3 is 6.01 Å². The lowest BCUT2D eigenvalue weighted by atomic mass is 10.2. The van der Waals surface area contributed by atoms with E-state index in [2.05, 4.69) is 20.6 Å². The molecule has 2 aromatic heterocycles. The van der Waals surface area contributed by atoms with E-state index in [0.717, 1.165) is 0 Å². The predicted molar refractivity (Wildman–Crippen MR) is 68.0 cm³/mol. The molecule has 0 atom stereocenters. The standard InChI is InChI=1S/C11H11ClN4O2/c1-6-5-18-11(14-6)16-10(17)7-3-8(12)15-9(4-7)13-2/h3-5H,1-2H3,(H,13,15)(H,14,16,17). The normalized spacial score (nSPS) is 10.2. The van der Waals surface area contributed by atoms with Crippen molar-refractivity contribution in [3.8, 4) is 0 Å². The zero-order valence-electron chi connectivity index (χ0n) is 9.82. The van der Waals surface area contributed by atoms with Gasteiger partial charge in [-0.15, -0.1) is 0 Å². The van der Waals surface area contributed by atoms with E-state index in [-0.39, 0.29) is 17.1 Å². The number of anilines is 2. The summed E-state index contributed by atoms with van der Waals surface area (Å²) >= 11 is 5.81. The lowest BCUT2D eigenvalue weighted by molar-refractivity contribution is 0.102. The van der Waals surface area contributed by atoms with Crippen molar-refractivity contribution in [1.29, 1.82) is 0 Å². The van der Waals surface area contributed by atoms with Crippen LogP contribution in [0.3, 0.4) is 0 Å². The topological polar surface area (TPSA) is 80.0 Å². The van der Waals surface area contributed by atoms with Gasteiger partial charge in [0.15, 0.2) is 0 Å². The van der Waals surface area contributed by atoms with E-state index >= 15 is 0 Å². The monoisotopic (exact) mass is 266 g/mol. The second-order valence-electron chi connectivity index (χ2n) is 3.56. The van der Waals surface area contributed by atoms with Crippen LogP contribution in [0.15, 0.2) is 22.8 Å². The van der Waals surface area contributed by atoms with E-state index in [0.29, 0.717) is 17.1 Å². The van der Waals surface area contributed by atoms with Crippen LogP contribution in [0.4, 0.5) is 11.8 Å². The number of carbonyl (C=O) groups is 1. The summed E-state index contributed by atoms with van der Waals surface area (Å²) in [6.07, 6.45) is 1.45. The Bertz CT molecular complexity index is 582. The van der Waals surface area contributed by atoms with Gasteiger partial charge in [0.05, 0.1) is 5.69 Å². The summed E-state index contributed by atoms with van der Waals surface area (Å²) in [4.78, 5) is 19.9.